The normalized spacial score (nSPS) is 21.4. The molecule has 7 heteroatoms. The second-order valence-electron chi connectivity index (χ2n) is 15.5. The number of sulfonamides is 1. The van der Waals surface area contributed by atoms with Crippen LogP contribution < -0.4 is 0 Å². The second kappa shape index (κ2) is 15.2. The van der Waals surface area contributed by atoms with E-state index in [1.807, 2.05) is 49.4 Å². The molecule has 7 rings (SSSR count). The van der Waals surface area contributed by atoms with Gasteiger partial charge < -0.3 is 4.43 Å². The molecular weight excluding hydrogens is 689 g/mol. The van der Waals surface area contributed by atoms with E-state index in [4.69, 9.17) is 4.43 Å². The Bertz CT molecular complexity index is 2060. The molecule has 5 aromatic rings. The van der Waals surface area contributed by atoms with E-state index in [0.29, 0.717) is 4.90 Å². The van der Waals surface area contributed by atoms with Crippen LogP contribution in [0.3, 0.4) is 0 Å². The van der Waals surface area contributed by atoms with Gasteiger partial charge in [0.2, 0.25) is 0 Å². The van der Waals surface area contributed by atoms with E-state index in [-0.39, 0.29) is 17.9 Å². The molecule has 1 saturated heterocycles. The maximum Gasteiger partial charge on any atom is 0.265 e. The Morgan fingerprint density at radius 1 is 0.736 bits per heavy atom. The Morgan fingerprint density at radius 3 is 1.79 bits per heavy atom. The molecule has 0 amide bonds. The van der Waals surface area contributed by atoms with Gasteiger partial charge in [-0.25, -0.2) is 12.7 Å². The summed E-state index contributed by atoms with van der Waals surface area (Å²) in [5, 5.41) is 0. The fraction of sp³-hybridized carbons (Fsp3) is 0.304. The summed E-state index contributed by atoms with van der Waals surface area (Å²) >= 11 is 0. The Balaban J connectivity index is 1.52. The molecule has 0 spiro atoms. The van der Waals surface area contributed by atoms with Crippen LogP contribution >= 0.6 is 0 Å². The maximum absolute atomic E-state index is 15.5. The molecule has 0 radical (unpaired) electrons. The Labute approximate surface area is 318 Å². The molecule has 2 aliphatic rings. The Morgan fingerprint density at radius 2 is 1.26 bits per heavy atom. The summed E-state index contributed by atoms with van der Waals surface area (Å²) in [4.78, 5) is 2.83. The lowest BCUT2D eigenvalue weighted by Gasteiger charge is -2.54. The second-order valence-corrected chi connectivity index (χ2v) is 21.8. The van der Waals surface area contributed by atoms with Crippen molar-refractivity contribution in [3.8, 4) is 0 Å². The minimum absolute atomic E-state index is 0.0205. The van der Waals surface area contributed by atoms with Gasteiger partial charge in [-0.05, 0) is 80.2 Å². The summed E-state index contributed by atoms with van der Waals surface area (Å²) in [6.45, 7) is 11.7. The molecule has 53 heavy (non-hydrogen) atoms. The number of nitrogens with zero attached hydrogens (tertiary/aromatic N) is 2. The lowest BCUT2D eigenvalue weighted by Crippen LogP contribution is -2.63. The van der Waals surface area contributed by atoms with Crippen LogP contribution in [0.2, 0.25) is 19.6 Å². The smallest absolute Gasteiger partial charge is 0.265 e. The van der Waals surface area contributed by atoms with Crippen LogP contribution in [0.5, 0.6) is 0 Å². The van der Waals surface area contributed by atoms with Crippen LogP contribution in [0.25, 0.3) is 5.70 Å². The first-order valence-corrected chi connectivity index (χ1v) is 23.9. The lowest BCUT2D eigenvalue weighted by atomic mass is 9.76. The highest BCUT2D eigenvalue weighted by molar-refractivity contribution is 7.89. The van der Waals surface area contributed by atoms with E-state index < -0.39 is 30.1 Å². The summed E-state index contributed by atoms with van der Waals surface area (Å²) < 4.78 is 40.5. The average Bonchev–Trinajstić information content (AvgIpc) is 3.67. The monoisotopic (exact) mass is 740 g/mol. The molecule has 1 fully saturated rings. The van der Waals surface area contributed by atoms with Crippen molar-refractivity contribution in [3.63, 3.8) is 0 Å². The summed E-state index contributed by atoms with van der Waals surface area (Å²) in [6, 6.07) is 49.2. The van der Waals surface area contributed by atoms with Gasteiger partial charge in [-0.2, -0.15) is 0 Å². The summed E-state index contributed by atoms with van der Waals surface area (Å²) in [6.07, 6.45) is 4.30. The van der Waals surface area contributed by atoms with Crippen molar-refractivity contribution in [2.24, 2.45) is 5.92 Å². The third-order valence-electron chi connectivity index (χ3n) is 10.9. The molecule has 0 aromatic heterocycles. The van der Waals surface area contributed by atoms with Gasteiger partial charge in [0.25, 0.3) is 10.0 Å². The molecule has 0 aliphatic carbocycles. The Hall–Kier alpha value is -4.27. The lowest BCUT2D eigenvalue weighted by molar-refractivity contribution is -0.0393. The van der Waals surface area contributed by atoms with Gasteiger partial charge in [0.15, 0.2) is 8.32 Å². The fourth-order valence-electron chi connectivity index (χ4n) is 8.79. The van der Waals surface area contributed by atoms with E-state index >= 15 is 8.42 Å². The molecule has 5 nitrogen and oxygen atoms in total. The van der Waals surface area contributed by atoms with Crippen molar-refractivity contribution in [1.82, 2.24) is 9.21 Å². The van der Waals surface area contributed by atoms with E-state index in [2.05, 4.69) is 129 Å². The van der Waals surface area contributed by atoms with Gasteiger partial charge in [-0.3, -0.25) is 4.90 Å². The molecule has 2 aliphatic heterocycles. The number of allylic oxidation sites excluding steroid dienone is 1. The molecule has 0 bridgehead atoms. The van der Waals surface area contributed by atoms with Crippen LogP contribution in [0.15, 0.2) is 157 Å². The molecule has 0 unspecified atom stereocenters. The molecular formula is C46H52N2O3SSi. The van der Waals surface area contributed by atoms with Gasteiger partial charge >= 0.3 is 0 Å². The van der Waals surface area contributed by atoms with E-state index in [1.54, 1.807) is 16.4 Å². The maximum atomic E-state index is 15.5. The highest BCUT2D eigenvalue weighted by atomic mass is 32.2. The minimum Gasteiger partial charge on any atom is -0.403 e. The molecule has 274 valence electrons. The number of hydrogen-bond acceptors (Lipinski definition) is 4. The summed E-state index contributed by atoms with van der Waals surface area (Å²) in [5.41, 5.74) is 5.18. The largest absolute Gasteiger partial charge is 0.403 e. The first-order chi connectivity index (χ1) is 25.5. The predicted octanol–water partition coefficient (Wildman–Crippen LogP) is 10.4. The van der Waals surface area contributed by atoms with Crippen molar-refractivity contribution in [2.45, 2.75) is 81.4 Å². The van der Waals surface area contributed by atoms with E-state index in [9.17, 15) is 0 Å². The van der Waals surface area contributed by atoms with Crippen LogP contribution in [-0.4, -0.2) is 44.7 Å². The van der Waals surface area contributed by atoms with Crippen molar-refractivity contribution >= 4 is 24.0 Å². The van der Waals surface area contributed by atoms with Crippen molar-refractivity contribution in [3.05, 3.63) is 179 Å². The van der Waals surface area contributed by atoms with Gasteiger partial charge in [-0.15, -0.1) is 0 Å². The minimum atomic E-state index is -4.05. The molecule has 0 N–H and O–H groups in total. The highest BCUT2D eigenvalue weighted by Gasteiger charge is 2.56. The van der Waals surface area contributed by atoms with Crippen LogP contribution in [0, 0.1) is 12.8 Å². The molecule has 5 aromatic carbocycles. The van der Waals surface area contributed by atoms with Crippen LogP contribution in [0.1, 0.15) is 59.9 Å². The van der Waals surface area contributed by atoms with Gasteiger partial charge in [0.05, 0.1) is 10.6 Å². The number of hydrogen-bond donors (Lipinski definition) is 0. The van der Waals surface area contributed by atoms with Crippen molar-refractivity contribution in [1.29, 1.82) is 0 Å². The van der Waals surface area contributed by atoms with Gasteiger partial charge in [-0.1, -0.05) is 152 Å². The summed E-state index contributed by atoms with van der Waals surface area (Å²) in [7, 11) is -6.30. The Kier molecular flexibility index (Phi) is 10.6. The standard InChI is InChI=1S/C46H52N2O3SSi/c1-6-41-42(36-20-11-7-12-21-36)34-43(37-22-13-8-14-23-37)48(52(49,50)40-31-29-35(2)30-32-40)45(41)47-33-19-28-44(47)46(51-53(3,4)5,38-24-15-9-16-25-38)39-26-17-10-18-27-39/h7-18,20-27,29-32,34,41-42,44-45H,6,19,28,33H2,1-5H3/t41-,42-,44+,45+/m1/s1. The first kappa shape index (κ1) is 37.1. The number of likely N-dealkylation sites (tertiary alicyclic amines) is 1. The van der Waals surface area contributed by atoms with Gasteiger partial charge in [0.1, 0.15) is 11.8 Å². The summed E-state index contributed by atoms with van der Waals surface area (Å²) in [5.74, 6) is -0.0744. The van der Waals surface area contributed by atoms with E-state index in [1.165, 1.54) is 5.56 Å². The zero-order valence-electron chi connectivity index (χ0n) is 31.6. The number of rotatable bonds is 11. The van der Waals surface area contributed by atoms with Gasteiger partial charge in [0, 0.05) is 24.4 Å². The number of benzene rings is 5. The average molecular weight is 741 g/mol. The molecule has 2 heterocycles. The number of aryl methyl sites for hydroxylation is 1. The quantitative estimate of drug-likeness (QED) is 0.127. The predicted molar refractivity (Wildman–Crippen MR) is 219 cm³/mol. The fourth-order valence-corrected chi connectivity index (χ4v) is 11.8. The zero-order chi connectivity index (χ0) is 37.2. The van der Waals surface area contributed by atoms with E-state index in [0.717, 1.165) is 53.8 Å². The van der Waals surface area contributed by atoms with Crippen LogP contribution in [0.4, 0.5) is 0 Å². The van der Waals surface area contributed by atoms with Crippen molar-refractivity contribution in [2.75, 3.05) is 6.54 Å². The third kappa shape index (κ3) is 7.20. The van der Waals surface area contributed by atoms with Crippen LogP contribution in [-0.2, 0) is 20.1 Å². The highest BCUT2D eigenvalue weighted by Crippen LogP contribution is 2.52. The zero-order valence-corrected chi connectivity index (χ0v) is 33.4. The molecule has 0 saturated carbocycles. The third-order valence-corrected chi connectivity index (χ3v) is 13.7. The topological polar surface area (TPSA) is 49.9 Å². The first-order valence-electron chi connectivity index (χ1n) is 19.0. The SMILES string of the molecule is CC[C@@H]1[C@@H](c2ccccc2)C=C(c2ccccc2)N(S(=O)(=O)c2ccc(C)cc2)[C@@H]1N1CCC[C@H]1C(O[Si](C)(C)C)(c1ccccc1)c1ccccc1. The molecule has 4 atom stereocenters. The van der Waals surface area contributed by atoms with Crippen molar-refractivity contribution < 1.29 is 12.8 Å².